The van der Waals surface area contributed by atoms with Gasteiger partial charge in [-0.05, 0) is 81.3 Å². The molecule has 1 heterocycles. The molecule has 4 saturated carbocycles. The van der Waals surface area contributed by atoms with E-state index in [1.54, 1.807) is 0 Å². The first-order valence-corrected chi connectivity index (χ1v) is 8.20. The Morgan fingerprint density at radius 2 is 1.44 bits per heavy atom. The molecule has 0 aromatic heterocycles. The monoisotopic (exact) mass is 264 g/mol. The average molecular weight is 264 g/mol. The van der Waals surface area contributed by atoms with Gasteiger partial charge in [0.2, 0.25) is 0 Å². The highest BCUT2D eigenvalue weighted by molar-refractivity contribution is 7.80. The summed E-state index contributed by atoms with van der Waals surface area (Å²) in [4.78, 5) is 2.40. The predicted octanol–water partition coefficient (Wildman–Crippen LogP) is 2.93. The summed E-state index contributed by atoms with van der Waals surface area (Å²) in [5.41, 5.74) is 0.397. The van der Waals surface area contributed by atoms with Gasteiger partial charge in [0.15, 0.2) is 5.11 Å². The van der Waals surface area contributed by atoms with Crippen LogP contribution in [0.3, 0.4) is 0 Å². The normalized spacial score (nSPS) is 45.6. The van der Waals surface area contributed by atoms with Gasteiger partial charge in [-0.15, -0.1) is 0 Å². The van der Waals surface area contributed by atoms with Gasteiger partial charge < -0.3 is 10.2 Å². The van der Waals surface area contributed by atoms with Crippen molar-refractivity contribution in [2.75, 3.05) is 13.1 Å². The van der Waals surface area contributed by atoms with Gasteiger partial charge >= 0.3 is 0 Å². The molecule has 1 N–H and O–H groups in total. The van der Waals surface area contributed by atoms with Gasteiger partial charge in [-0.2, -0.15) is 0 Å². The second-order valence-electron chi connectivity index (χ2n) is 7.32. The van der Waals surface area contributed by atoms with E-state index in [9.17, 15) is 0 Å². The summed E-state index contributed by atoms with van der Waals surface area (Å²) in [5.74, 6) is 3.01. The van der Waals surface area contributed by atoms with Gasteiger partial charge in [-0.25, -0.2) is 0 Å². The summed E-state index contributed by atoms with van der Waals surface area (Å²) in [6, 6.07) is 0. The molecule has 0 unspecified atom stereocenters. The van der Waals surface area contributed by atoms with E-state index in [4.69, 9.17) is 12.2 Å². The zero-order valence-corrected chi connectivity index (χ0v) is 12.0. The molecule has 0 aromatic rings. The lowest BCUT2D eigenvalue weighted by atomic mass is 9.53. The molecular weight excluding hydrogens is 240 g/mol. The molecular formula is C15H24N2S. The minimum Gasteiger partial charge on any atom is -0.357 e. The van der Waals surface area contributed by atoms with Gasteiger partial charge in [0.1, 0.15) is 0 Å². The number of nitrogens with one attached hydrogen (secondary N) is 1. The Balaban J connectivity index is 1.48. The van der Waals surface area contributed by atoms with Crippen LogP contribution in [-0.4, -0.2) is 28.6 Å². The molecule has 5 aliphatic rings. The number of likely N-dealkylation sites (tertiary alicyclic amines) is 1. The van der Waals surface area contributed by atoms with Crippen LogP contribution in [0.5, 0.6) is 0 Å². The summed E-state index contributed by atoms with van der Waals surface area (Å²) in [7, 11) is 0. The quantitative estimate of drug-likeness (QED) is 0.733. The highest BCUT2D eigenvalue weighted by atomic mass is 32.1. The van der Waals surface area contributed by atoms with Crippen LogP contribution in [-0.2, 0) is 0 Å². The van der Waals surface area contributed by atoms with Crippen LogP contribution in [0.2, 0.25) is 0 Å². The third-order valence-corrected chi connectivity index (χ3v) is 6.16. The van der Waals surface area contributed by atoms with Crippen molar-refractivity contribution in [3.8, 4) is 0 Å². The Bertz CT molecular complexity index is 324. The molecule has 5 rings (SSSR count). The first-order valence-electron chi connectivity index (χ1n) is 7.80. The van der Waals surface area contributed by atoms with E-state index < -0.39 is 0 Å². The molecule has 18 heavy (non-hydrogen) atoms. The summed E-state index contributed by atoms with van der Waals surface area (Å²) in [6.45, 7) is 2.36. The van der Waals surface area contributed by atoms with E-state index >= 15 is 0 Å². The third-order valence-electron chi connectivity index (χ3n) is 5.80. The lowest BCUT2D eigenvalue weighted by Gasteiger charge is -2.57. The van der Waals surface area contributed by atoms with Crippen LogP contribution in [0.25, 0.3) is 0 Å². The zero-order valence-electron chi connectivity index (χ0n) is 11.2. The van der Waals surface area contributed by atoms with Crippen LogP contribution in [0.1, 0.15) is 51.4 Å². The molecule has 0 aromatic carbocycles. The first kappa shape index (κ1) is 11.5. The molecule has 100 valence electrons. The van der Waals surface area contributed by atoms with Gasteiger partial charge in [0, 0.05) is 18.6 Å². The van der Waals surface area contributed by atoms with Crippen molar-refractivity contribution >= 4 is 17.3 Å². The highest BCUT2D eigenvalue weighted by Crippen LogP contribution is 2.55. The predicted molar refractivity (Wildman–Crippen MR) is 77.4 cm³/mol. The van der Waals surface area contributed by atoms with E-state index in [-0.39, 0.29) is 0 Å². The van der Waals surface area contributed by atoms with Gasteiger partial charge in [0.05, 0.1) is 0 Å². The summed E-state index contributed by atoms with van der Waals surface area (Å²) < 4.78 is 0. The van der Waals surface area contributed by atoms with Crippen molar-refractivity contribution < 1.29 is 0 Å². The topological polar surface area (TPSA) is 15.3 Å². The van der Waals surface area contributed by atoms with Crippen molar-refractivity contribution in [2.45, 2.75) is 56.9 Å². The van der Waals surface area contributed by atoms with Crippen molar-refractivity contribution in [3.63, 3.8) is 0 Å². The molecule has 0 atom stereocenters. The molecule has 0 spiro atoms. The second-order valence-corrected chi connectivity index (χ2v) is 7.71. The Morgan fingerprint density at radius 1 is 0.944 bits per heavy atom. The largest absolute Gasteiger partial charge is 0.357 e. The molecule has 3 heteroatoms. The van der Waals surface area contributed by atoms with Crippen molar-refractivity contribution in [1.82, 2.24) is 10.2 Å². The Hall–Kier alpha value is -0.310. The van der Waals surface area contributed by atoms with E-state index in [0.29, 0.717) is 5.54 Å². The minimum absolute atomic E-state index is 0.397. The van der Waals surface area contributed by atoms with Crippen LogP contribution in [0, 0.1) is 17.8 Å². The van der Waals surface area contributed by atoms with Crippen molar-refractivity contribution in [3.05, 3.63) is 0 Å². The Kier molecular flexibility index (Phi) is 2.62. The minimum atomic E-state index is 0.397. The van der Waals surface area contributed by atoms with E-state index in [1.165, 1.54) is 64.5 Å². The molecule has 1 aliphatic heterocycles. The van der Waals surface area contributed by atoms with E-state index in [0.717, 1.165) is 22.9 Å². The standard InChI is InChI=1S/C15H24N2S/c18-14(17-3-1-2-4-17)16-15-8-11-5-12(9-15)7-13(6-11)10-15/h11-13H,1-10H2,(H,16,18). The van der Waals surface area contributed by atoms with Crippen molar-refractivity contribution in [2.24, 2.45) is 17.8 Å². The molecule has 4 bridgehead atoms. The summed E-state index contributed by atoms with van der Waals surface area (Å²) in [5, 5.41) is 4.89. The van der Waals surface area contributed by atoms with Gasteiger partial charge in [-0.1, -0.05) is 0 Å². The zero-order chi connectivity index (χ0) is 12.2. The van der Waals surface area contributed by atoms with E-state index in [1.807, 2.05) is 0 Å². The maximum atomic E-state index is 5.66. The van der Waals surface area contributed by atoms with Crippen LogP contribution >= 0.6 is 12.2 Å². The fourth-order valence-corrected chi connectivity index (χ4v) is 5.89. The molecule has 0 amide bonds. The fraction of sp³-hybridized carbons (Fsp3) is 0.933. The third kappa shape index (κ3) is 1.86. The maximum Gasteiger partial charge on any atom is 0.169 e. The van der Waals surface area contributed by atoms with Crippen LogP contribution in [0.15, 0.2) is 0 Å². The summed E-state index contributed by atoms with van der Waals surface area (Å²) >= 11 is 5.66. The lowest BCUT2D eigenvalue weighted by molar-refractivity contribution is -0.0110. The number of nitrogens with zero attached hydrogens (tertiary/aromatic N) is 1. The lowest BCUT2D eigenvalue weighted by Crippen LogP contribution is -2.61. The maximum absolute atomic E-state index is 5.66. The number of hydrogen-bond acceptors (Lipinski definition) is 1. The SMILES string of the molecule is S=C(NC12CC3CC(CC(C3)C1)C2)N1CCCC1. The first-order chi connectivity index (χ1) is 8.72. The molecule has 0 radical (unpaired) electrons. The average Bonchev–Trinajstić information content (AvgIpc) is 2.79. The summed E-state index contributed by atoms with van der Waals surface area (Å²) in [6.07, 6.45) is 11.4. The Labute approximate surface area is 115 Å². The van der Waals surface area contributed by atoms with Crippen molar-refractivity contribution in [1.29, 1.82) is 0 Å². The molecule has 4 aliphatic carbocycles. The molecule has 2 nitrogen and oxygen atoms in total. The Morgan fingerprint density at radius 3 is 1.94 bits per heavy atom. The fourth-order valence-electron chi connectivity index (χ4n) is 5.49. The van der Waals surface area contributed by atoms with E-state index in [2.05, 4.69) is 10.2 Å². The van der Waals surface area contributed by atoms with Gasteiger partial charge in [-0.3, -0.25) is 0 Å². The van der Waals surface area contributed by atoms with Crippen LogP contribution < -0.4 is 5.32 Å². The second kappa shape index (κ2) is 4.09. The number of hydrogen-bond donors (Lipinski definition) is 1. The smallest absolute Gasteiger partial charge is 0.169 e. The number of rotatable bonds is 1. The van der Waals surface area contributed by atoms with Crippen LogP contribution in [0.4, 0.5) is 0 Å². The molecule has 1 saturated heterocycles. The number of thiocarbonyl (C=S) groups is 1. The van der Waals surface area contributed by atoms with Gasteiger partial charge in [0.25, 0.3) is 0 Å². The molecule has 5 fully saturated rings. The highest BCUT2D eigenvalue weighted by Gasteiger charge is 2.51.